The number of hydrogen-bond donors (Lipinski definition) is 1. The van der Waals surface area contributed by atoms with E-state index < -0.39 is 17.7 Å². The quantitative estimate of drug-likeness (QED) is 0.666. The van der Waals surface area contributed by atoms with E-state index >= 15 is 0 Å². The lowest BCUT2D eigenvalue weighted by Crippen LogP contribution is -2.60. The Labute approximate surface area is 162 Å². The molecule has 27 heavy (non-hydrogen) atoms. The van der Waals surface area contributed by atoms with Crippen LogP contribution < -0.4 is 0 Å². The summed E-state index contributed by atoms with van der Waals surface area (Å²) in [5.41, 5.74) is 0.311. The largest absolute Gasteiger partial charge is 0.481 e. The van der Waals surface area contributed by atoms with E-state index in [0.29, 0.717) is 17.3 Å². The highest BCUT2D eigenvalue weighted by molar-refractivity contribution is 5.92. The van der Waals surface area contributed by atoms with E-state index in [-0.39, 0.29) is 11.5 Å². The van der Waals surface area contributed by atoms with Crippen LogP contribution in [0.3, 0.4) is 0 Å². The van der Waals surface area contributed by atoms with Crippen molar-refractivity contribution in [2.75, 3.05) is 7.05 Å². The summed E-state index contributed by atoms with van der Waals surface area (Å²) in [6.07, 6.45) is 9.12. The lowest BCUT2D eigenvalue weighted by Gasteiger charge is -2.60. The smallest absolute Gasteiger partial charge is 0.300 e. The second-order valence-corrected chi connectivity index (χ2v) is 9.79. The molecule has 3 aliphatic carbocycles. The number of fused-ring (bicyclic) bond motifs is 5. The number of nitrogens with zero attached hydrogens (tertiary/aromatic N) is 1. The summed E-state index contributed by atoms with van der Waals surface area (Å²) < 4.78 is 14.3. The molecule has 0 spiro atoms. The number of aliphatic carboxylic acids is 1. The fourth-order valence-electron chi connectivity index (χ4n) is 7.09. The second-order valence-electron chi connectivity index (χ2n) is 9.79. The van der Waals surface area contributed by atoms with Gasteiger partial charge >= 0.3 is 0 Å². The Hall–Kier alpha value is -1.39. The minimum absolute atomic E-state index is 0.178. The summed E-state index contributed by atoms with van der Waals surface area (Å²) in [5.74, 6) is 1.09. The van der Waals surface area contributed by atoms with Crippen molar-refractivity contribution in [3.63, 3.8) is 0 Å². The van der Waals surface area contributed by atoms with Crippen LogP contribution in [0.15, 0.2) is 11.9 Å². The molecule has 0 bridgehead atoms. The van der Waals surface area contributed by atoms with E-state index in [1.54, 1.807) is 18.0 Å². The molecular formula is C22H34FNO3. The third kappa shape index (κ3) is 3.11. The van der Waals surface area contributed by atoms with Crippen LogP contribution in [0.1, 0.15) is 66.2 Å². The number of carbonyl (C=O) groups is 2. The number of amides is 1. The molecule has 152 valence electrons. The van der Waals surface area contributed by atoms with Gasteiger partial charge in [-0.2, -0.15) is 0 Å². The Morgan fingerprint density at radius 3 is 2.44 bits per heavy atom. The number of carboxylic acid groups (broad SMARTS) is 1. The van der Waals surface area contributed by atoms with E-state index in [1.165, 1.54) is 32.1 Å². The zero-order valence-electron chi connectivity index (χ0n) is 17.3. The summed E-state index contributed by atoms with van der Waals surface area (Å²) in [6.45, 7) is 8.24. The molecule has 1 N–H and O–H groups in total. The summed E-state index contributed by atoms with van der Waals surface area (Å²) in [4.78, 5) is 22.7. The summed E-state index contributed by atoms with van der Waals surface area (Å²) >= 11 is 0. The predicted octanol–water partition coefficient (Wildman–Crippen LogP) is 4.65. The number of carbonyl (C=O) groups excluding carboxylic acids is 1. The minimum atomic E-state index is -0.833. The molecule has 4 nitrogen and oxygen atoms in total. The molecule has 0 aromatic carbocycles. The van der Waals surface area contributed by atoms with Crippen LogP contribution in [0, 0.1) is 34.5 Å². The topological polar surface area (TPSA) is 57.6 Å². The fourth-order valence-corrected chi connectivity index (χ4v) is 7.09. The van der Waals surface area contributed by atoms with Crippen molar-refractivity contribution in [1.82, 2.24) is 4.90 Å². The van der Waals surface area contributed by atoms with Crippen molar-refractivity contribution < 1.29 is 19.1 Å². The molecule has 1 aliphatic heterocycles. The molecule has 7 atom stereocenters. The van der Waals surface area contributed by atoms with Gasteiger partial charge in [0.05, 0.1) is 0 Å². The van der Waals surface area contributed by atoms with E-state index in [1.807, 2.05) is 0 Å². The van der Waals surface area contributed by atoms with Crippen molar-refractivity contribution in [2.45, 2.75) is 72.3 Å². The van der Waals surface area contributed by atoms with E-state index in [0.717, 1.165) is 25.2 Å². The average molecular weight is 380 g/mol. The van der Waals surface area contributed by atoms with Gasteiger partial charge in [0.25, 0.3) is 11.9 Å². The van der Waals surface area contributed by atoms with E-state index in [2.05, 4.69) is 20.8 Å². The predicted molar refractivity (Wildman–Crippen MR) is 103 cm³/mol. The number of halogens is 1. The molecule has 7 unspecified atom stereocenters. The Morgan fingerprint density at radius 2 is 1.81 bits per heavy atom. The molecule has 4 rings (SSSR count). The highest BCUT2D eigenvalue weighted by Gasteiger charge is 2.60. The van der Waals surface area contributed by atoms with Gasteiger partial charge in [-0.25, -0.2) is 4.39 Å². The van der Waals surface area contributed by atoms with Crippen LogP contribution in [-0.4, -0.2) is 35.0 Å². The van der Waals surface area contributed by atoms with Gasteiger partial charge in [-0.1, -0.05) is 20.8 Å². The first kappa shape index (κ1) is 20.3. The minimum Gasteiger partial charge on any atom is -0.481 e. The van der Waals surface area contributed by atoms with Crippen LogP contribution >= 0.6 is 0 Å². The molecule has 0 aromatic rings. The van der Waals surface area contributed by atoms with Crippen molar-refractivity contribution in [3.8, 4) is 0 Å². The molecule has 4 aliphatic rings. The van der Waals surface area contributed by atoms with Gasteiger partial charge in [-0.15, -0.1) is 0 Å². The Balaban J connectivity index is 0.000000481. The van der Waals surface area contributed by atoms with Gasteiger partial charge < -0.3 is 10.0 Å². The summed E-state index contributed by atoms with van der Waals surface area (Å²) in [5, 5.41) is 7.42. The maximum absolute atomic E-state index is 14.3. The van der Waals surface area contributed by atoms with Crippen LogP contribution in [0.25, 0.3) is 0 Å². The number of hydrogen-bond acceptors (Lipinski definition) is 2. The number of likely N-dealkylation sites (N-methyl/N-ethyl adjacent to an activating group) is 1. The zero-order valence-corrected chi connectivity index (χ0v) is 17.3. The van der Waals surface area contributed by atoms with Crippen LogP contribution in [0.2, 0.25) is 0 Å². The SMILES string of the molecule is CC(=O)O.CC1CCC2C3CCC4N(C)C(=O)C(F)=CC4(C)C3CCC12C. The molecule has 1 amide bonds. The van der Waals surface area contributed by atoms with Crippen LogP contribution in [0.5, 0.6) is 0 Å². The van der Waals surface area contributed by atoms with Crippen molar-refractivity contribution in [1.29, 1.82) is 0 Å². The summed E-state index contributed by atoms with van der Waals surface area (Å²) in [7, 11) is 1.79. The van der Waals surface area contributed by atoms with Gasteiger partial charge in [0.2, 0.25) is 0 Å². The highest BCUT2D eigenvalue weighted by Crippen LogP contribution is 2.65. The monoisotopic (exact) mass is 379 g/mol. The lowest BCUT2D eigenvalue weighted by atomic mass is 9.48. The van der Waals surface area contributed by atoms with Gasteiger partial charge in [0.15, 0.2) is 5.83 Å². The zero-order chi connectivity index (χ0) is 20.1. The molecule has 0 saturated heterocycles. The van der Waals surface area contributed by atoms with Crippen LogP contribution in [0.4, 0.5) is 4.39 Å². The maximum atomic E-state index is 14.3. The van der Waals surface area contributed by atoms with E-state index in [9.17, 15) is 9.18 Å². The summed E-state index contributed by atoms with van der Waals surface area (Å²) in [6, 6.07) is 0.180. The van der Waals surface area contributed by atoms with Crippen LogP contribution in [-0.2, 0) is 9.59 Å². The fraction of sp³-hybridized carbons (Fsp3) is 0.818. The molecule has 3 fully saturated rings. The Kier molecular flexibility index (Phi) is 5.19. The molecule has 3 saturated carbocycles. The third-order valence-electron chi connectivity index (χ3n) is 8.63. The standard InChI is InChI=1S/C20H30FNO.C2H4O2/c1-12-5-7-14-13-6-8-17-20(3,11-16(21)18(23)22(17)4)15(13)9-10-19(12,14)2;1-2(3)4/h11-15,17H,5-10H2,1-4H3;1H3,(H,3,4). The molecule has 1 heterocycles. The molecular weight excluding hydrogens is 345 g/mol. The molecule has 5 heteroatoms. The normalized spacial score (nSPS) is 45.7. The number of carboxylic acids is 1. The van der Waals surface area contributed by atoms with Gasteiger partial charge in [-0.05, 0) is 73.7 Å². The number of rotatable bonds is 0. The van der Waals surface area contributed by atoms with Crippen molar-refractivity contribution in [3.05, 3.63) is 11.9 Å². The second kappa shape index (κ2) is 6.89. The van der Waals surface area contributed by atoms with Crippen molar-refractivity contribution >= 4 is 11.9 Å². The van der Waals surface area contributed by atoms with E-state index in [4.69, 9.17) is 9.90 Å². The lowest BCUT2D eigenvalue weighted by molar-refractivity contribution is -0.142. The Morgan fingerprint density at radius 1 is 1.19 bits per heavy atom. The first-order valence-electron chi connectivity index (χ1n) is 10.4. The molecule has 0 aromatic heterocycles. The van der Waals surface area contributed by atoms with Gasteiger partial charge in [0, 0.05) is 25.4 Å². The van der Waals surface area contributed by atoms with Crippen molar-refractivity contribution in [2.24, 2.45) is 34.5 Å². The first-order valence-corrected chi connectivity index (χ1v) is 10.4. The highest BCUT2D eigenvalue weighted by atomic mass is 19.1. The van der Waals surface area contributed by atoms with Gasteiger partial charge in [0.1, 0.15) is 0 Å². The third-order valence-corrected chi connectivity index (χ3v) is 8.63. The average Bonchev–Trinajstić information content (AvgIpc) is 2.87. The first-order chi connectivity index (χ1) is 12.5. The van der Waals surface area contributed by atoms with Gasteiger partial charge in [-0.3, -0.25) is 9.59 Å². The molecule has 0 radical (unpaired) electrons. The Bertz CT molecular complexity index is 658. The maximum Gasteiger partial charge on any atom is 0.300 e.